The Hall–Kier alpha value is -3.93. The lowest BCUT2D eigenvalue weighted by Crippen LogP contribution is -2.21. The fraction of sp³-hybridized carbons (Fsp3) is 0.192. The molecule has 0 aliphatic rings. The molecule has 0 radical (unpaired) electrons. The van der Waals surface area contributed by atoms with Gasteiger partial charge in [0.1, 0.15) is 5.82 Å². The topological polar surface area (TPSA) is 63.1 Å². The highest BCUT2D eigenvalue weighted by Gasteiger charge is 2.13. The summed E-state index contributed by atoms with van der Waals surface area (Å²) in [6.45, 7) is 2.77. The molecule has 0 aliphatic carbocycles. The lowest BCUT2D eigenvalue weighted by Gasteiger charge is -2.20. The molecule has 6 heteroatoms. The predicted molar refractivity (Wildman–Crippen MR) is 131 cm³/mol. The van der Waals surface area contributed by atoms with Crippen LogP contribution in [0.2, 0.25) is 0 Å². The van der Waals surface area contributed by atoms with E-state index < -0.39 is 0 Å². The largest absolute Gasteiger partial charge is 0.354 e. The van der Waals surface area contributed by atoms with E-state index in [0.717, 1.165) is 35.6 Å². The van der Waals surface area contributed by atoms with Crippen molar-refractivity contribution < 1.29 is 0 Å². The van der Waals surface area contributed by atoms with Crippen molar-refractivity contribution >= 4 is 17.5 Å². The maximum absolute atomic E-state index is 12.8. The Kier molecular flexibility index (Phi) is 6.31. The van der Waals surface area contributed by atoms with Crippen molar-refractivity contribution in [3.8, 4) is 11.1 Å². The highest BCUT2D eigenvalue weighted by Crippen LogP contribution is 2.26. The third-order valence-corrected chi connectivity index (χ3v) is 5.41. The van der Waals surface area contributed by atoms with E-state index in [1.807, 2.05) is 79.7 Å². The van der Waals surface area contributed by atoms with Crippen LogP contribution in [0.3, 0.4) is 0 Å². The maximum atomic E-state index is 12.8. The summed E-state index contributed by atoms with van der Waals surface area (Å²) in [5.41, 5.74) is 4.80. The molecule has 6 nitrogen and oxygen atoms in total. The zero-order chi connectivity index (χ0) is 22.5. The van der Waals surface area contributed by atoms with Crippen molar-refractivity contribution in [2.75, 3.05) is 23.8 Å². The maximum Gasteiger partial charge on any atom is 0.258 e. The molecular formula is C26H27N5O. The minimum Gasteiger partial charge on any atom is -0.354 e. The number of aryl methyl sites for hydroxylation is 2. The molecule has 2 aromatic carbocycles. The second-order valence-electron chi connectivity index (χ2n) is 7.86. The van der Waals surface area contributed by atoms with Crippen LogP contribution < -0.4 is 15.8 Å². The molecule has 0 unspecified atom stereocenters. The van der Waals surface area contributed by atoms with Gasteiger partial charge in [-0.05, 0) is 36.6 Å². The van der Waals surface area contributed by atoms with Gasteiger partial charge in [-0.25, -0.2) is 4.98 Å². The molecule has 4 aromatic rings. The first-order valence-electron chi connectivity index (χ1n) is 10.6. The summed E-state index contributed by atoms with van der Waals surface area (Å²) in [4.78, 5) is 23.8. The van der Waals surface area contributed by atoms with Gasteiger partial charge < -0.3 is 14.8 Å². The van der Waals surface area contributed by atoms with E-state index in [4.69, 9.17) is 0 Å². The van der Waals surface area contributed by atoms with Gasteiger partial charge in [0.25, 0.3) is 5.56 Å². The Morgan fingerprint density at radius 1 is 1.03 bits per heavy atom. The Balaban J connectivity index is 1.56. The Morgan fingerprint density at radius 2 is 1.84 bits per heavy atom. The predicted octanol–water partition coefficient (Wildman–Crippen LogP) is 4.57. The van der Waals surface area contributed by atoms with Gasteiger partial charge in [-0.1, -0.05) is 60.2 Å². The van der Waals surface area contributed by atoms with Gasteiger partial charge >= 0.3 is 0 Å². The molecule has 162 valence electrons. The molecule has 0 saturated carbocycles. The first-order chi connectivity index (χ1) is 15.5. The fourth-order valence-corrected chi connectivity index (χ4v) is 3.61. The van der Waals surface area contributed by atoms with E-state index in [2.05, 4.69) is 27.4 Å². The summed E-state index contributed by atoms with van der Waals surface area (Å²) in [7, 11) is 3.71. The molecule has 0 atom stereocenters. The van der Waals surface area contributed by atoms with Crippen LogP contribution >= 0.6 is 0 Å². The van der Waals surface area contributed by atoms with Crippen LogP contribution in [-0.4, -0.2) is 28.1 Å². The highest BCUT2D eigenvalue weighted by molar-refractivity contribution is 5.70. The highest BCUT2D eigenvalue weighted by atomic mass is 16.1. The first-order valence-corrected chi connectivity index (χ1v) is 10.6. The van der Waals surface area contributed by atoms with Crippen LogP contribution in [-0.2, 0) is 13.5 Å². The molecule has 0 spiro atoms. The number of hydrogen-bond acceptors (Lipinski definition) is 5. The average molecular weight is 426 g/mol. The van der Waals surface area contributed by atoms with Gasteiger partial charge in [-0.3, -0.25) is 4.79 Å². The van der Waals surface area contributed by atoms with Gasteiger partial charge in [0, 0.05) is 38.6 Å². The molecule has 0 amide bonds. The van der Waals surface area contributed by atoms with Gasteiger partial charge in [-0.15, -0.1) is 0 Å². The second-order valence-corrected chi connectivity index (χ2v) is 7.86. The molecule has 0 saturated heterocycles. The molecule has 0 aliphatic heterocycles. The number of anilines is 3. The summed E-state index contributed by atoms with van der Waals surface area (Å²) in [6.07, 6.45) is 4.46. The van der Waals surface area contributed by atoms with Crippen molar-refractivity contribution in [2.45, 2.75) is 13.3 Å². The second kappa shape index (κ2) is 9.47. The number of hydrogen-bond donors (Lipinski definition) is 1. The first kappa shape index (κ1) is 21.3. The number of aromatic nitrogens is 3. The quantitative estimate of drug-likeness (QED) is 0.470. The van der Waals surface area contributed by atoms with Crippen LogP contribution in [0.1, 0.15) is 11.1 Å². The zero-order valence-corrected chi connectivity index (χ0v) is 18.6. The van der Waals surface area contributed by atoms with Gasteiger partial charge in [-0.2, -0.15) is 4.98 Å². The van der Waals surface area contributed by atoms with Gasteiger partial charge in [0.05, 0.1) is 5.69 Å². The summed E-state index contributed by atoms with van der Waals surface area (Å²) >= 11 is 0. The Labute approximate surface area is 188 Å². The van der Waals surface area contributed by atoms with Crippen molar-refractivity contribution in [1.82, 2.24) is 14.5 Å². The van der Waals surface area contributed by atoms with E-state index in [-0.39, 0.29) is 5.56 Å². The third-order valence-electron chi connectivity index (χ3n) is 5.41. The van der Waals surface area contributed by atoms with E-state index in [0.29, 0.717) is 11.5 Å². The minimum atomic E-state index is -0.0290. The third kappa shape index (κ3) is 4.86. The number of rotatable bonds is 7. The van der Waals surface area contributed by atoms with Gasteiger partial charge in [0.15, 0.2) is 0 Å². The van der Waals surface area contributed by atoms with Crippen LogP contribution in [0.15, 0.2) is 83.9 Å². The molecule has 1 N–H and O–H groups in total. The van der Waals surface area contributed by atoms with Crippen LogP contribution in [0.4, 0.5) is 17.5 Å². The van der Waals surface area contributed by atoms with E-state index >= 15 is 0 Å². The van der Waals surface area contributed by atoms with Crippen LogP contribution in [0.25, 0.3) is 11.1 Å². The standard InChI is InChI=1S/C26H27N5O/c1-19-8-7-11-21(16-19)23-17-22(18-30(2)25(23)32)31(3)24-13-15-28-26(29-24)27-14-12-20-9-5-4-6-10-20/h4-11,13,15-18H,12,14H2,1-3H3,(H,27,28,29). The van der Waals surface area contributed by atoms with Gasteiger partial charge in [0.2, 0.25) is 5.95 Å². The summed E-state index contributed by atoms with van der Waals surface area (Å²) in [6, 6.07) is 22.1. The number of benzene rings is 2. The minimum absolute atomic E-state index is 0.0290. The summed E-state index contributed by atoms with van der Waals surface area (Å²) in [5, 5.41) is 3.30. The molecular weight excluding hydrogens is 398 g/mol. The molecule has 0 bridgehead atoms. The molecule has 0 fully saturated rings. The zero-order valence-electron chi connectivity index (χ0n) is 18.6. The fourth-order valence-electron chi connectivity index (χ4n) is 3.61. The molecule has 2 aromatic heterocycles. The lowest BCUT2D eigenvalue weighted by molar-refractivity contribution is 0.858. The molecule has 32 heavy (non-hydrogen) atoms. The van der Waals surface area contributed by atoms with Crippen molar-refractivity contribution in [3.05, 3.63) is 101 Å². The summed E-state index contributed by atoms with van der Waals surface area (Å²) in [5.74, 6) is 1.32. The average Bonchev–Trinajstić information content (AvgIpc) is 2.81. The Bertz CT molecular complexity index is 1270. The van der Waals surface area contributed by atoms with E-state index in [1.165, 1.54) is 5.56 Å². The van der Waals surface area contributed by atoms with Crippen molar-refractivity contribution in [2.24, 2.45) is 7.05 Å². The molecule has 2 heterocycles. The van der Waals surface area contributed by atoms with E-state index in [1.54, 1.807) is 17.8 Å². The smallest absolute Gasteiger partial charge is 0.258 e. The van der Waals surface area contributed by atoms with Crippen molar-refractivity contribution in [3.63, 3.8) is 0 Å². The number of nitrogens with zero attached hydrogens (tertiary/aromatic N) is 4. The Morgan fingerprint density at radius 3 is 2.62 bits per heavy atom. The summed E-state index contributed by atoms with van der Waals surface area (Å²) < 4.78 is 1.61. The lowest BCUT2D eigenvalue weighted by atomic mass is 10.0. The van der Waals surface area contributed by atoms with Crippen LogP contribution in [0.5, 0.6) is 0 Å². The monoisotopic (exact) mass is 425 g/mol. The SMILES string of the molecule is Cc1cccc(-c2cc(N(C)c3ccnc(NCCc4ccccc4)n3)cn(C)c2=O)c1. The number of pyridine rings is 1. The number of nitrogens with one attached hydrogen (secondary N) is 1. The van der Waals surface area contributed by atoms with Crippen LogP contribution in [0, 0.1) is 6.92 Å². The van der Waals surface area contributed by atoms with E-state index in [9.17, 15) is 4.79 Å². The van der Waals surface area contributed by atoms with Crippen molar-refractivity contribution in [1.29, 1.82) is 0 Å². The normalized spacial score (nSPS) is 10.7. The molecule has 4 rings (SSSR count).